The van der Waals surface area contributed by atoms with Gasteiger partial charge in [-0.1, -0.05) is 23.5 Å². The zero-order chi connectivity index (χ0) is 23.5. The van der Waals surface area contributed by atoms with Crippen LogP contribution in [-0.4, -0.2) is 53.8 Å². The molecule has 10 heteroatoms. The Kier molecular flexibility index (Phi) is 6.57. The van der Waals surface area contributed by atoms with Crippen LogP contribution in [0.1, 0.15) is 28.1 Å². The molecule has 0 amide bonds. The Labute approximate surface area is 196 Å². The van der Waals surface area contributed by atoms with E-state index in [4.69, 9.17) is 5.73 Å². The molecule has 2 heterocycles. The minimum Gasteiger partial charge on any atom is -0.382 e. The van der Waals surface area contributed by atoms with Crippen molar-refractivity contribution < 1.29 is 9.72 Å². The number of rotatable bonds is 7. The molecule has 1 aromatic heterocycles. The molecule has 0 saturated carbocycles. The van der Waals surface area contributed by atoms with Gasteiger partial charge in [0.15, 0.2) is 5.13 Å². The fourth-order valence-electron chi connectivity index (χ4n) is 3.96. The van der Waals surface area contributed by atoms with Gasteiger partial charge in [0.1, 0.15) is 10.7 Å². The number of nitrogens with one attached hydrogen (secondary N) is 1. The van der Waals surface area contributed by atoms with Gasteiger partial charge >= 0.3 is 0 Å². The maximum Gasteiger partial charge on any atom is 0.270 e. The van der Waals surface area contributed by atoms with Gasteiger partial charge < -0.3 is 20.9 Å². The van der Waals surface area contributed by atoms with E-state index in [-0.39, 0.29) is 21.9 Å². The van der Waals surface area contributed by atoms with Crippen LogP contribution >= 0.6 is 11.3 Å². The molecule has 1 aliphatic rings. The summed E-state index contributed by atoms with van der Waals surface area (Å²) in [6.07, 6.45) is 2.29. The van der Waals surface area contributed by atoms with Crippen LogP contribution in [-0.2, 0) is 0 Å². The molecular formula is C23H26N6O3S. The number of hydrogen-bond acceptors (Lipinski definition) is 9. The lowest BCUT2D eigenvalue weighted by Gasteiger charge is -2.36. The molecule has 1 aliphatic heterocycles. The van der Waals surface area contributed by atoms with E-state index in [9.17, 15) is 14.9 Å². The predicted octanol–water partition coefficient (Wildman–Crippen LogP) is 4.14. The van der Waals surface area contributed by atoms with Crippen LogP contribution in [0.2, 0.25) is 0 Å². The molecule has 4 rings (SSSR count). The topological polar surface area (TPSA) is 118 Å². The molecule has 2 aromatic carbocycles. The number of non-ortho nitro benzene ring substituents is 1. The fraction of sp³-hybridized carbons (Fsp3) is 0.304. The molecule has 1 fully saturated rings. The molecule has 172 valence electrons. The molecule has 3 aromatic rings. The highest BCUT2D eigenvalue weighted by Crippen LogP contribution is 2.31. The minimum absolute atomic E-state index is 0.0967. The number of benzene rings is 2. The summed E-state index contributed by atoms with van der Waals surface area (Å²) in [7, 11) is 4.27. The van der Waals surface area contributed by atoms with E-state index < -0.39 is 10.7 Å². The number of piperidine rings is 1. The Hall–Kier alpha value is -3.50. The number of nitrogen functional groups attached to an aromatic ring is 1. The van der Waals surface area contributed by atoms with Crippen molar-refractivity contribution in [2.45, 2.75) is 18.9 Å². The Morgan fingerprint density at radius 2 is 1.91 bits per heavy atom. The predicted molar refractivity (Wildman–Crippen MR) is 132 cm³/mol. The van der Waals surface area contributed by atoms with E-state index in [1.54, 1.807) is 0 Å². The number of thiazole rings is 1. The third kappa shape index (κ3) is 5.12. The summed E-state index contributed by atoms with van der Waals surface area (Å²) in [6, 6.07) is 14.3. The van der Waals surface area contributed by atoms with Gasteiger partial charge in [0.05, 0.1) is 4.92 Å². The Morgan fingerprint density at radius 1 is 1.21 bits per heavy atom. The number of aromatic nitrogens is 1. The molecule has 0 spiro atoms. The quantitative estimate of drug-likeness (QED) is 0.303. The van der Waals surface area contributed by atoms with Crippen LogP contribution in [0, 0.1) is 10.1 Å². The van der Waals surface area contributed by atoms with Crippen molar-refractivity contribution in [2.24, 2.45) is 0 Å². The van der Waals surface area contributed by atoms with Crippen LogP contribution in [0.4, 0.5) is 28.0 Å². The van der Waals surface area contributed by atoms with Crippen molar-refractivity contribution in [3.8, 4) is 0 Å². The summed E-state index contributed by atoms with van der Waals surface area (Å²) in [5, 5.41) is 14.7. The number of carbonyl (C=O) groups excluding carboxylic acids is 1. The second-order valence-corrected chi connectivity index (χ2v) is 9.22. The first-order valence-electron chi connectivity index (χ1n) is 10.7. The number of anilines is 4. The molecule has 3 N–H and O–H groups in total. The van der Waals surface area contributed by atoms with Crippen molar-refractivity contribution in [1.82, 2.24) is 9.88 Å². The third-order valence-corrected chi connectivity index (χ3v) is 6.84. The number of carbonyl (C=O) groups is 1. The zero-order valence-corrected chi connectivity index (χ0v) is 19.3. The second-order valence-electron chi connectivity index (χ2n) is 8.22. The first kappa shape index (κ1) is 22.7. The average Bonchev–Trinajstić information content (AvgIpc) is 3.19. The van der Waals surface area contributed by atoms with Crippen molar-refractivity contribution in [1.29, 1.82) is 0 Å². The monoisotopic (exact) mass is 466 g/mol. The maximum atomic E-state index is 12.8. The summed E-state index contributed by atoms with van der Waals surface area (Å²) < 4.78 is 0. The fourth-order valence-corrected chi connectivity index (χ4v) is 4.83. The SMILES string of the molecule is CN(C)C1CCN(c2ccc(Nc3nc(N)c(C(=O)c4cccc([N+](=O)[O-])c4)s3)cc2)CC1. The van der Waals surface area contributed by atoms with E-state index in [1.807, 2.05) is 12.1 Å². The van der Waals surface area contributed by atoms with Crippen LogP contribution in [0.25, 0.3) is 0 Å². The van der Waals surface area contributed by atoms with E-state index in [0.29, 0.717) is 11.2 Å². The Balaban J connectivity index is 1.43. The normalized spacial score (nSPS) is 14.5. The van der Waals surface area contributed by atoms with Crippen molar-refractivity contribution in [3.63, 3.8) is 0 Å². The zero-order valence-electron chi connectivity index (χ0n) is 18.5. The summed E-state index contributed by atoms with van der Waals surface area (Å²) in [5.41, 5.74) is 8.05. The van der Waals surface area contributed by atoms with Crippen molar-refractivity contribution in [3.05, 3.63) is 69.1 Å². The molecule has 33 heavy (non-hydrogen) atoms. The molecule has 1 saturated heterocycles. The summed E-state index contributed by atoms with van der Waals surface area (Å²) in [4.78, 5) is 32.5. The number of ketones is 1. The van der Waals surface area contributed by atoms with Gasteiger partial charge in [-0.05, 0) is 51.2 Å². The minimum atomic E-state index is -0.534. The Bertz CT molecular complexity index is 1150. The molecule has 0 atom stereocenters. The van der Waals surface area contributed by atoms with Crippen LogP contribution in [0.15, 0.2) is 48.5 Å². The van der Waals surface area contributed by atoms with Gasteiger partial charge in [-0.2, -0.15) is 0 Å². The number of nitro benzene ring substituents is 1. The lowest BCUT2D eigenvalue weighted by molar-refractivity contribution is -0.384. The van der Waals surface area contributed by atoms with E-state index in [0.717, 1.165) is 43.0 Å². The number of hydrogen-bond donors (Lipinski definition) is 2. The van der Waals surface area contributed by atoms with Crippen molar-refractivity contribution in [2.75, 3.05) is 43.1 Å². The van der Waals surface area contributed by atoms with E-state index in [2.05, 4.69) is 46.3 Å². The van der Waals surface area contributed by atoms with Gasteiger partial charge in [-0.3, -0.25) is 14.9 Å². The first-order chi connectivity index (χ1) is 15.8. The van der Waals surface area contributed by atoms with Gasteiger partial charge in [-0.15, -0.1) is 0 Å². The number of nitrogens with zero attached hydrogens (tertiary/aromatic N) is 4. The Morgan fingerprint density at radius 3 is 2.55 bits per heavy atom. The highest BCUT2D eigenvalue weighted by molar-refractivity contribution is 7.18. The van der Waals surface area contributed by atoms with Crippen molar-refractivity contribution >= 4 is 45.1 Å². The second kappa shape index (κ2) is 9.55. The smallest absolute Gasteiger partial charge is 0.270 e. The third-order valence-electron chi connectivity index (χ3n) is 5.86. The molecule has 0 aliphatic carbocycles. The molecule has 0 bridgehead atoms. The largest absolute Gasteiger partial charge is 0.382 e. The van der Waals surface area contributed by atoms with Gasteiger partial charge in [0.2, 0.25) is 5.78 Å². The van der Waals surface area contributed by atoms with Gasteiger partial charge in [0.25, 0.3) is 5.69 Å². The molecule has 9 nitrogen and oxygen atoms in total. The summed E-state index contributed by atoms with van der Waals surface area (Å²) >= 11 is 1.13. The number of nitro groups is 1. The highest BCUT2D eigenvalue weighted by atomic mass is 32.1. The van der Waals surface area contributed by atoms with Crippen LogP contribution in [0.5, 0.6) is 0 Å². The lowest BCUT2D eigenvalue weighted by Crippen LogP contribution is -2.41. The summed E-state index contributed by atoms with van der Waals surface area (Å²) in [5.74, 6) is -0.294. The molecule has 0 radical (unpaired) electrons. The van der Waals surface area contributed by atoms with Crippen LogP contribution < -0.4 is 16.0 Å². The molecule has 0 unspecified atom stereocenters. The summed E-state index contributed by atoms with van der Waals surface area (Å²) in [6.45, 7) is 2.06. The lowest BCUT2D eigenvalue weighted by atomic mass is 10.0. The molecular weight excluding hydrogens is 440 g/mol. The average molecular weight is 467 g/mol. The highest BCUT2D eigenvalue weighted by Gasteiger charge is 2.22. The van der Waals surface area contributed by atoms with E-state index in [1.165, 1.54) is 30.0 Å². The maximum absolute atomic E-state index is 12.8. The van der Waals surface area contributed by atoms with E-state index >= 15 is 0 Å². The van der Waals surface area contributed by atoms with Gasteiger partial charge in [0, 0.05) is 48.2 Å². The number of nitrogens with two attached hydrogens (primary N) is 1. The first-order valence-corrected chi connectivity index (χ1v) is 11.5. The van der Waals surface area contributed by atoms with Crippen LogP contribution in [0.3, 0.4) is 0 Å². The van der Waals surface area contributed by atoms with Gasteiger partial charge in [-0.25, -0.2) is 4.98 Å². The standard InChI is InChI=1S/C23H26N6O3S/c1-27(2)17-10-12-28(13-11-17)18-8-6-16(7-9-18)25-23-26-22(24)21(33-23)20(30)15-4-3-5-19(14-15)29(31)32/h3-9,14,17H,10-13,24H2,1-2H3,(H,25,26).